The van der Waals surface area contributed by atoms with Gasteiger partial charge >= 0.3 is 0 Å². The lowest BCUT2D eigenvalue weighted by Gasteiger charge is -2.22. The topological polar surface area (TPSA) is 24.5 Å². The fourth-order valence-corrected chi connectivity index (χ4v) is 1.87. The van der Waals surface area contributed by atoms with Gasteiger partial charge in [0.25, 0.3) is 0 Å². The summed E-state index contributed by atoms with van der Waals surface area (Å²) >= 11 is 0. The van der Waals surface area contributed by atoms with Crippen molar-refractivity contribution >= 4 is 0 Å². The largest absolute Gasteiger partial charge is 0.492 e. The third-order valence-electron chi connectivity index (χ3n) is 2.97. The highest BCUT2D eigenvalue weighted by Crippen LogP contribution is 2.30. The van der Waals surface area contributed by atoms with Crippen molar-refractivity contribution in [2.75, 3.05) is 40.3 Å². The Bertz CT molecular complexity index is 369. The molecule has 0 heterocycles. The third kappa shape index (κ3) is 6.08. The zero-order chi connectivity index (χ0) is 14.3. The fraction of sp³-hybridized carbons (Fsp3) is 0.625. The highest BCUT2D eigenvalue weighted by atomic mass is 16.5. The molecule has 0 aliphatic heterocycles. The molecule has 0 aromatic heterocycles. The fourth-order valence-electron chi connectivity index (χ4n) is 1.87. The minimum atomic E-state index is 0.120. The smallest absolute Gasteiger partial charge is 0.123 e. The quantitative estimate of drug-likeness (QED) is 0.766. The first kappa shape index (κ1) is 16.0. The molecule has 0 aliphatic carbocycles. The average molecular weight is 264 g/mol. The van der Waals surface area contributed by atoms with Crippen LogP contribution in [0.2, 0.25) is 0 Å². The Morgan fingerprint density at radius 3 is 2.42 bits per heavy atom. The highest BCUT2D eigenvalue weighted by molar-refractivity contribution is 5.38. The number of benzene rings is 1. The van der Waals surface area contributed by atoms with Crippen LogP contribution in [0.5, 0.6) is 5.75 Å². The summed E-state index contributed by atoms with van der Waals surface area (Å²) in [5.74, 6) is 1.00. The average Bonchev–Trinajstić information content (AvgIpc) is 2.32. The Balaban J connectivity index is 2.37. The van der Waals surface area contributed by atoms with E-state index >= 15 is 0 Å². The van der Waals surface area contributed by atoms with Crippen molar-refractivity contribution < 1.29 is 4.74 Å². The maximum Gasteiger partial charge on any atom is 0.123 e. The summed E-state index contributed by atoms with van der Waals surface area (Å²) in [6.45, 7) is 10.3. The molecular formula is C16H28N2O. The number of nitrogens with one attached hydrogen (secondary N) is 1. The predicted molar refractivity (Wildman–Crippen MR) is 82.1 cm³/mol. The summed E-state index contributed by atoms with van der Waals surface area (Å²) < 4.78 is 5.89. The minimum absolute atomic E-state index is 0.120. The van der Waals surface area contributed by atoms with Gasteiger partial charge in [-0.05, 0) is 31.1 Å². The maximum atomic E-state index is 5.89. The summed E-state index contributed by atoms with van der Waals surface area (Å²) in [5.41, 5.74) is 1.39. The van der Waals surface area contributed by atoms with Gasteiger partial charge in [-0.1, -0.05) is 39.0 Å². The Labute approximate surface area is 118 Å². The van der Waals surface area contributed by atoms with Gasteiger partial charge in [0.15, 0.2) is 0 Å². The number of ether oxygens (including phenoxy) is 1. The number of para-hydroxylation sites is 1. The zero-order valence-electron chi connectivity index (χ0n) is 13.0. The molecular weight excluding hydrogens is 236 g/mol. The van der Waals surface area contributed by atoms with Crippen LogP contribution in [0.1, 0.15) is 26.3 Å². The Morgan fingerprint density at radius 2 is 1.79 bits per heavy atom. The van der Waals surface area contributed by atoms with Gasteiger partial charge in [0.1, 0.15) is 12.4 Å². The standard InChI is InChI=1S/C16H28N2O/c1-16(2,3)14-8-6-7-9-15(14)19-13-11-17-10-12-18(4)5/h6-9,17H,10-13H2,1-5H3. The molecule has 3 nitrogen and oxygen atoms in total. The van der Waals surface area contributed by atoms with Crippen molar-refractivity contribution in [1.82, 2.24) is 10.2 Å². The molecule has 0 radical (unpaired) electrons. The number of hydrogen-bond donors (Lipinski definition) is 1. The molecule has 0 bridgehead atoms. The van der Waals surface area contributed by atoms with Gasteiger partial charge in [0.2, 0.25) is 0 Å². The van der Waals surface area contributed by atoms with Gasteiger partial charge < -0.3 is 15.0 Å². The van der Waals surface area contributed by atoms with E-state index in [4.69, 9.17) is 4.74 Å². The summed E-state index contributed by atoms with van der Waals surface area (Å²) in [4.78, 5) is 2.17. The second kappa shape index (κ2) is 7.51. The minimum Gasteiger partial charge on any atom is -0.492 e. The van der Waals surface area contributed by atoms with Crippen molar-refractivity contribution in [2.24, 2.45) is 0 Å². The molecule has 1 aromatic carbocycles. The molecule has 1 rings (SSSR count). The molecule has 1 N–H and O–H groups in total. The van der Waals surface area contributed by atoms with Crippen LogP contribution >= 0.6 is 0 Å². The van der Waals surface area contributed by atoms with Crippen molar-refractivity contribution in [3.63, 3.8) is 0 Å². The number of likely N-dealkylation sites (N-methyl/N-ethyl adjacent to an activating group) is 1. The molecule has 0 saturated carbocycles. The molecule has 0 aliphatic rings. The summed E-state index contributed by atoms with van der Waals surface area (Å²) in [6.07, 6.45) is 0. The molecule has 1 aromatic rings. The Kier molecular flexibility index (Phi) is 6.32. The Hall–Kier alpha value is -1.06. The predicted octanol–water partition coefficient (Wildman–Crippen LogP) is 2.51. The molecule has 0 spiro atoms. The van der Waals surface area contributed by atoms with E-state index in [9.17, 15) is 0 Å². The first-order valence-electron chi connectivity index (χ1n) is 6.99. The van der Waals surface area contributed by atoms with Crippen LogP contribution in [0.15, 0.2) is 24.3 Å². The molecule has 0 fully saturated rings. The summed E-state index contributed by atoms with van der Waals surface area (Å²) in [6, 6.07) is 8.31. The van der Waals surface area contributed by atoms with Crippen LogP contribution in [0.3, 0.4) is 0 Å². The van der Waals surface area contributed by atoms with E-state index in [1.165, 1.54) is 5.56 Å². The van der Waals surface area contributed by atoms with Gasteiger partial charge in [-0.15, -0.1) is 0 Å². The van der Waals surface area contributed by atoms with E-state index in [0.717, 1.165) is 25.4 Å². The molecule has 108 valence electrons. The van der Waals surface area contributed by atoms with Crippen LogP contribution in [-0.2, 0) is 5.41 Å². The SMILES string of the molecule is CN(C)CCNCCOc1ccccc1C(C)(C)C. The van der Waals surface area contributed by atoms with Crippen LogP contribution in [0.25, 0.3) is 0 Å². The normalized spacial score (nSPS) is 11.9. The number of hydrogen-bond acceptors (Lipinski definition) is 3. The molecule has 0 saturated heterocycles. The van der Waals surface area contributed by atoms with E-state index in [0.29, 0.717) is 6.61 Å². The second-order valence-electron chi connectivity index (χ2n) is 6.15. The molecule has 0 amide bonds. The summed E-state index contributed by atoms with van der Waals surface area (Å²) in [7, 11) is 4.16. The van der Waals surface area contributed by atoms with E-state index in [1.54, 1.807) is 0 Å². The lowest BCUT2D eigenvalue weighted by atomic mass is 9.86. The van der Waals surface area contributed by atoms with Crippen LogP contribution < -0.4 is 10.1 Å². The zero-order valence-corrected chi connectivity index (χ0v) is 13.0. The van der Waals surface area contributed by atoms with Gasteiger partial charge in [0.05, 0.1) is 0 Å². The van der Waals surface area contributed by atoms with Gasteiger partial charge in [-0.25, -0.2) is 0 Å². The van der Waals surface area contributed by atoms with Gasteiger partial charge in [0, 0.05) is 19.6 Å². The first-order valence-corrected chi connectivity index (χ1v) is 6.99. The monoisotopic (exact) mass is 264 g/mol. The first-order chi connectivity index (χ1) is 8.91. The summed E-state index contributed by atoms with van der Waals surface area (Å²) in [5, 5.41) is 3.38. The second-order valence-corrected chi connectivity index (χ2v) is 6.15. The number of rotatable bonds is 7. The molecule has 3 heteroatoms. The highest BCUT2D eigenvalue weighted by Gasteiger charge is 2.17. The molecule has 0 atom stereocenters. The van der Waals surface area contributed by atoms with E-state index in [-0.39, 0.29) is 5.41 Å². The van der Waals surface area contributed by atoms with Crippen molar-refractivity contribution in [3.05, 3.63) is 29.8 Å². The third-order valence-corrected chi connectivity index (χ3v) is 2.97. The van der Waals surface area contributed by atoms with Crippen LogP contribution in [0, 0.1) is 0 Å². The van der Waals surface area contributed by atoms with Crippen LogP contribution in [0.4, 0.5) is 0 Å². The van der Waals surface area contributed by atoms with Crippen molar-refractivity contribution in [2.45, 2.75) is 26.2 Å². The maximum absolute atomic E-state index is 5.89. The number of nitrogens with zero attached hydrogens (tertiary/aromatic N) is 1. The van der Waals surface area contributed by atoms with Gasteiger partial charge in [-0.3, -0.25) is 0 Å². The lowest BCUT2D eigenvalue weighted by Crippen LogP contribution is -2.29. The molecule has 0 unspecified atom stereocenters. The molecule has 19 heavy (non-hydrogen) atoms. The van der Waals surface area contributed by atoms with Gasteiger partial charge in [-0.2, -0.15) is 0 Å². The van der Waals surface area contributed by atoms with Crippen molar-refractivity contribution in [3.8, 4) is 5.75 Å². The Morgan fingerprint density at radius 1 is 1.11 bits per heavy atom. The van der Waals surface area contributed by atoms with E-state index in [2.05, 4.69) is 63.3 Å². The van der Waals surface area contributed by atoms with E-state index < -0.39 is 0 Å². The van der Waals surface area contributed by atoms with Crippen LogP contribution in [-0.4, -0.2) is 45.2 Å². The lowest BCUT2D eigenvalue weighted by molar-refractivity contribution is 0.301. The van der Waals surface area contributed by atoms with Crippen molar-refractivity contribution in [1.29, 1.82) is 0 Å². The van der Waals surface area contributed by atoms with E-state index in [1.807, 2.05) is 6.07 Å².